The zero-order chi connectivity index (χ0) is 16.8. The van der Waals surface area contributed by atoms with Crippen LogP contribution in [0.3, 0.4) is 0 Å². The number of aliphatic imine (C=N–C) groups is 1. The Labute approximate surface area is 139 Å². The zero-order valence-corrected chi connectivity index (χ0v) is 14.7. The zero-order valence-electron chi connectivity index (χ0n) is 14.7. The molecule has 1 aromatic rings. The van der Waals surface area contributed by atoms with Crippen LogP contribution in [0.1, 0.15) is 49.8 Å². The van der Waals surface area contributed by atoms with E-state index in [0.717, 1.165) is 47.1 Å². The number of fused-ring (bicyclic) bond motifs is 1. The van der Waals surface area contributed by atoms with Crippen LogP contribution >= 0.6 is 0 Å². The number of hydrogen-bond acceptors (Lipinski definition) is 4. The van der Waals surface area contributed by atoms with E-state index in [1.54, 1.807) is 0 Å². The average molecular weight is 313 g/mol. The van der Waals surface area contributed by atoms with Gasteiger partial charge in [-0.1, -0.05) is 12.6 Å². The number of nitrogens with zero attached hydrogens (tertiary/aromatic N) is 3. The van der Waals surface area contributed by atoms with Gasteiger partial charge in [-0.05, 0) is 51.7 Å². The first-order chi connectivity index (χ1) is 10.8. The second-order valence-corrected chi connectivity index (χ2v) is 7.23. The number of hydrogen-bond donors (Lipinski definition) is 1. The predicted molar refractivity (Wildman–Crippen MR) is 95.7 cm³/mol. The number of rotatable bonds is 1. The van der Waals surface area contributed by atoms with Crippen LogP contribution in [-0.2, 0) is 5.60 Å². The molecule has 0 atom stereocenters. The molecular weight excluding hydrogens is 286 g/mol. The maximum atomic E-state index is 10.6. The van der Waals surface area contributed by atoms with Crippen molar-refractivity contribution >= 4 is 17.3 Å². The lowest BCUT2D eigenvalue weighted by Crippen LogP contribution is -2.45. The molecule has 124 valence electrons. The molecule has 1 saturated heterocycles. The minimum absolute atomic E-state index is 0.867. The molecule has 2 aliphatic rings. The molecule has 2 aliphatic heterocycles. The Morgan fingerprint density at radius 1 is 1.17 bits per heavy atom. The highest BCUT2D eigenvalue weighted by Crippen LogP contribution is 2.41. The molecule has 0 amide bonds. The summed E-state index contributed by atoms with van der Waals surface area (Å²) in [5.41, 5.74) is 3.90. The van der Waals surface area contributed by atoms with Crippen molar-refractivity contribution in [3.8, 4) is 0 Å². The Bertz CT molecular complexity index is 664. The summed E-state index contributed by atoms with van der Waals surface area (Å²) in [6.45, 7) is 12.0. The van der Waals surface area contributed by atoms with Crippen molar-refractivity contribution in [3.05, 3.63) is 35.4 Å². The fourth-order valence-corrected chi connectivity index (χ4v) is 3.44. The number of guanidine groups is 1. The third-order valence-corrected chi connectivity index (χ3v) is 4.78. The van der Waals surface area contributed by atoms with Crippen LogP contribution in [0.25, 0.3) is 5.70 Å². The summed E-state index contributed by atoms with van der Waals surface area (Å²) in [6, 6.07) is 4.15. The topological polar surface area (TPSA) is 39.1 Å². The van der Waals surface area contributed by atoms with Gasteiger partial charge in [0.05, 0.1) is 11.3 Å². The van der Waals surface area contributed by atoms with Gasteiger partial charge in [0.25, 0.3) is 0 Å². The van der Waals surface area contributed by atoms with Crippen molar-refractivity contribution in [3.63, 3.8) is 0 Å². The van der Waals surface area contributed by atoms with Crippen molar-refractivity contribution in [2.24, 2.45) is 4.99 Å². The predicted octanol–water partition coefficient (Wildman–Crippen LogP) is 3.61. The first-order valence-electron chi connectivity index (χ1n) is 8.43. The number of aliphatic hydroxyl groups is 1. The lowest BCUT2D eigenvalue weighted by molar-refractivity contribution is 0.0791. The lowest BCUT2D eigenvalue weighted by Gasteiger charge is -2.39. The van der Waals surface area contributed by atoms with Crippen molar-refractivity contribution in [2.45, 2.75) is 45.6 Å². The number of likely N-dealkylation sites (tertiary alicyclic amines) is 1. The summed E-state index contributed by atoms with van der Waals surface area (Å²) < 4.78 is 0. The van der Waals surface area contributed by atoms with Crippen molar-refractivity contribution in [1.82, 2.24) is 9.80 Å². The second kappa shape index (κ2) is 5.68. The highest BCUT2D eigenvalue weighted by molar-refractivity contribution is 5.97. The summed E-state index contributed by atoms with van der Waals surface area (Å²) in [5.74, 6) is 0.955. The van der Waals surface area contributed by atoms with Gasteiger partial charge in [0.15, 0.2) is 0 Å². The first kappa shape index (κ1) is 16.1. The molecule has 0 unspecified atom stereocenters. The van der Waals surface area contributed by atoms with E-state index in [0.29, 0.717) is 0 Å². The van der Waals surface area contributed by atoms with E-state index >= 15 is 0 Å². The summed E-state index contributed by atoms with van der Waals surface area (Å²) in [6.07, 6.45) is 3.70. The normalized spacial score (nSPS) is 18.8. The van der Waals surface area contributed by atoms with E-state index in [1.807, 2.05) is 33.9 Å². The van der Waals surface area contributed by atoms with Gasteiger partial charge < -0.3 is 14.9 Å². The van der Waals surface area contributed by atoms with Crippen LogP contribution < -0.4 is 0 Å². The quantitative estimate of drug-likeness (QED) is 0.861. The Kier molecular flexibility index (Phi) is 3.96. The van der Waals surface area contributed by atoms with E-state index in [2.05, 4.69) is 22.4 Å². The Morgan fingerprint density at radius 3 is 2.43 bits per heavy atom. The molecule has 0 radical (unpaired) electrons. The van der Waals surface area contributed by atoms with Gasteiger partial charge in [0.2, 0.25) is 5.96 Å². The van der Waals surface area contributed by atoms with Gasteiger partial charge >= 0.3 is 0 Å². The van der Waals surface area contributed by atoms with Crippen molar-refractivity contribution in [2.75, 3.05) is 20.1 Å². The molecule has 4 nitrogen and oxygen atoms in total. The molecule has 3 rings (SSSR count). The van der Waals surface area contributed by atoms with Crippen LogP contribution in [-0.4, -0.2) is 41.0 Å². The van der Waals surface area contributed by atoms with Crippen molar-refractivity contribution < 1.29 is 5.11 Å². The van der Waals surface area contributed by atoms with Crippen molar-refractivity contribution in [1.29, 1.82) is 0 Å². The third-order valence-electron chi connectivity index (χ3n) is 4.78. The van der Waals surface area contributed by atoms with Gasteiger partial charge in [-0.15, -0.1) is 0 Å². The van der Waals surface area contributed by atoms with Crippen LogP contribution in [0, 0.1) is 6.92 Å². The maximum Gasteiger partial charge on any atom is 0.206 e. The summed E-state index contributed by atoms with van der Waals surface area (Å²) >= 11 is 0. The van der Waals surface area contributed by atoms with E-state index in [9.17, 15) is 5.11 Å². The molecular formula is C19H27N3O. The number of benzene rings is 1. The molecule has 2 heterocycles. The largest absolute Gasteiger partial charge is 0.386 e. The summed E-state index contributed by atoms with van der Waals surface area (Å²) in [4.78, 5) is 9.38. The number of aryl methyl sites for hydroxylation is 1. The minimum atomic E-state index is -0.928. The fraction of sp³-hybridized carbons (Fsp3) is 0.526. The molecule has 0 aliphatic carbocycles. The van der Waals surface area contributed by atoms with Crippen LogP contribution in [0.2, 0.25) is 0 Å². The Hall–Kier alpha value is -1.81. The van der Waals surface area contributed by atoms with E-state index in [1.165, 1.54) is 19.3 Å². The van der Waals surface area contributed by atoms with E-state index in [-0.39, 0.29) is 0 Å². The van der Waals surface area contributed by atoms with Gasteiger partial charge in [-0.25, -0.2) is 4.99 Å². The molecule has 1 N–H and O–H groups in total. The van der Waals surface area contributed by atoms with Gasteiger partial charge in [-0.2, -0.15) is 0 Å². The van der Waals surface area contributed by atoms with Gasteiger partial charge in [0, 0.05) is 37.0 Å². The Balaban J connectivity index is 2.16. The standard InChI is InChI=1S/C19H27N3O/c1-13-11-15-14(2)21(5)18(22-9-7-6-8-10-22)20-17(15)16(12-13)19(3,4)23/h11-12,23H,2,6-10H2,1,3-5H3. The SMILES string of the molecule is C=C1c2cc(C)cc(C(C)(C)O)c2N=C(N2CCCCC2)N1C. The minimum Gasteiger partial charge on any atom is -0.386 e. The molecule has 4 heteroatoms. The van der Waals surface area contributed by atoms with Crippen LogP contribution in [0.5, 0.6) is 0 Å². The van der Waals surface area contributed by atoms with Crippen LogP contribution in [0.15, 0.2) is 23.7 Å². The van der Waals surface area contributed by atoms with Gasteiger partial charge in [-0.3, -0.25) is 0 Å². The highest BCUT2D eigenvalue weighted by Gasteiger charge is 2.31. The average Bonchev–Trinajstić information content (AvgIpc) is 2.50. The lowest BCUT2D eigenvalue weighted by atomic mass is 9.90. The molecule has 0 bridgehead atoms. The third kappa shape index (κ3) is 2.88. The molecule has 23 heavy (non-hydrogen) atoms. The first-order valence-corrected chi connectivity index (χ1v) is 8.43. The monoisotopic (exact) mass is 313 g/mol. The fourth-order valence-electron chi connectivity index (χ4n) is 3.44. The van der Waals surface area contributed by atoms with Crippen LogP contribution in [0.4, 0.5) is 5.69 Å². The molecule has 0 spiro atoms. The molecule has 0 aromatic heterocycles. The van der Waals surface area contributed by atoms with E-state index < -0.39 is 5.60 Å². The van der Waals surface area contributed by atoms with Gasteiger partial charge in [0.1, 0.15) is 0 Å². The molecule has 1 fully saturated rings. The number of piperidine rings is 1. The highest BCUT2D eigenvalue weighted by atomic mass is 16.3. The molecule has 1 aromatic carbocycles. The molecule has 0 saturated carbocycles. The summed E-state index contributed by atoms with van der Waals surface area (Å²) in [5, 5.41) is 10.6. The summed E-state index contributed by atoms with van der Waals surface area (Å²) in [7, 11) is 2.03. The van der Waals surface area contributed by atoms with E-state index in [4.69, 9.17) is 4.99 Å². The Morgan fingerprint density at radius 2 is 1.83 bits per heavy atom. The smallest absolute Gasteiger partial charge is 0.206 e. The second-order valence-electron chi connectivity index (χ2n) is 7.23. The maximum absolute atomic E-state index is 10.6.